The standard InChI is InChI=1S/C33H32NS.C14H16NSi.Ir/c1-21-16-22(2)32(23(3)17-21)26-12-13-27-28-10-7-11-29(33(28)35-31(27)20-26)30-19-25(14-15-34-30)18-24-8-5-4-6-9-24;1-16(2,3)13-9-10-14(15-11-13)12-7-5-4-6-8-12;/h7,10,12-17,19-20,24H,4-6,8-9,18H2,1-3H3;4-7,9-11H,1-3H3;/q2*-1;. The molecule has 3 aromatic heterocycles. The van der Waals surface area contributed by atoms with Crippen LogP contribution in [0.2, 0.25) is 19.6 Å². The van der Waals surface area contributed by atoms with Crippen molar-refractivity contribution in [3.63, 3.8) is 0 Å². The molecule has 7 aromatic rings. The van der Waals surface area contributed by atoms with Crippen LogP contribution in [0.3, 0.4) is 0 Å². The minimum absolute atomic E-state index is 0. The minimum atomic E-state index is -1.23. The Labute approximate surface area is 329 Å². The largest absolute Gasteiger partial charge is 0.305 e. The van der Waals surface area contributed by atoms with Gasteiger partial charge in [0, 0.05) is 37.2 Å². The maximum atomic E-state index is 4.80. The number of benzene rings is 4. The average Bonchev–Trinajstić information content (AvgIpc) is 3.50. The molecule has 0 saturated heterocycles. The van der Waals surface area contributed by atoms with Crippen LogP contribution in [-0.4, -0.2) is 18.0 Å². The molecule has 2 nitrogen and oxygen atoms in total. The Morgan fingerprint density at radius 1 is 0.750 bits per heavy atom. The van der Waals surface area contributed by atoms with Gasteiger partial charge < -0.3 is 9.97 Å². The fraction of sp³-hybridized carbons (Fsp3) is 0.277. The summed E-state index contributed by atoms with van der Waals surface area (Å²) in [7, 11) is -1.23. The molecular formula is C47H48IrN2SSi-2. The van der Waals surface area contributed by atoms with Gasteiger partial charge in [-0.25, -0.2) is 0 Å². The first-order chi connectivity index (χ1) is 24.6. The first-order valence-electron chi connectivity index (χ1n) is 18.5. The molecule has 1 aliphatic rings. The zero-order valence-electron chi connectivity index (χ0n) is 31.3. The zero-order valence-corrected chi connectivity index (χ0v) is 35.5. The molecule has 267 valence electrons. The van der Waals surface area contributed by atoms with E-state index in [2.05, 4.69) is 124 Å². The molecule has 4 aromatic carbocycles. The van der Waals surface area contributed by atoms with Crippen LogP contribution < -0.4 is 5.19 Å². The second kappa shape index (κ2) is 16.5. The maximum Gasteiger partial charge on any atom is 0.0795 e. The van der Waals surface area contributed by atoms with E-state index in [1.54, 1.807) is 0 Å². The Morgan fingerprint density at radius 3 is 2.23 bits per heavy atom. The van der Waals surface area contributed by atoms with Gasteiger partial charge in [0.2, 0.25) is 0 Å². The van der Waals surface area contributed by atoms with Crippen LogP contribution in [0.25, 0.3) is 53.8 Å². The Hall–Kier alpha value is -3.73. The van der Waals surface area contributed by atoms with Crippen LogP contribution in [0, 0.1) is 38.8 Å². The van der Waals surface area contributed by atoms with Gasteiger partial charge in [-0.3, -0.25) is 0 Å². The number of hydrogen-bond acceptors (Lipinski definition) is 3. The molecule has 8 rings (SSSR count). The molecule has 0 spiro atoms. The van der Waals surface area contributed by atoms with Gasteiger partial charge in [0.1, 0.15) is 0 Å². The topological polar surface area (TPSA) is 25.8 Å². The second-order valence-corrected chi connectivity index (χ2v) is 21.5. The van der Waals surface area contributed by atoms with Crippen LogP contribution in [0.4, 0.5) is 0 Å². The molecule has 1 saturated carbocycles. The summed E-state index contributed by atoms with van der Waals surface area (Å²) in [6.07, 6.45) is 12.1. The van der Waals surface area contributed by atoms with Gasteiger partial charge in [0.25, 0.3) is 0 Å². The van der Waals surface area contributed by atoms with Crippen molar-refractivity contribution in [1.82, 2.24) is 9.97 Å². The van der Waals surface area contributed by atoms with Crippen LogP contribution in [0.15, 0.2) is 103 Å². The predicted octanol–water partition coefficient (Wildman–Crippen LogP) is 12.7. The first kappa shape index (κ1) is 38.0. The number of pyridine rings is 2. The number of fused-ring (bicyclic) bond motifs is 3. The van der Waals surface area contributed by atoms with Crippen molar-refractivity contribution in [3.8, 4) is 33.6 Å². The van der Waals surface area contributed by atoms with Crippen molar-refractivity contribution in [2.75, 3.05) is 0 Å². The molecule has 0 unspecified atom stereocenters. The molecule has 0 amide bonds. The third-order valence-electron chi connectivity index (χ3n) is 10.3. The molecule has 1 aliphatic carbocycles. The molecule has 3 heterocycles. The Morgan fingerprint density at radius 2 is 1.54 bits per heavy atom. The number of hydrogen-bond donors (Lipinski definition) is 0. The third kappa shape index (κ3) is 8.56. The number of aromatic nitrogens is 2. The smallest absolute Gasteiger partial charge is 0.0795 e. The molecule has 0 aliphatic heterocycles. The van der Waals surface area contributed by atoms with Crippen LogP contribution in [0.5, 0.6) is 0 Å². The van der Waals surface area contributed by atoms with E-state index < -0.39 is 8.07 Å². The van der Waals surface area contributed by atoms with Gasteiger partial charge in [0.05, 0.1) is 8.07 Å². The van der Waals surface area contributed by atoms with E-state index in [9.17, 15) is 0 Å². The predicted molar refractivity (Wildman–Crippen MR) is 223 cm³/mol. The van der Waals surface area contributed by atoms with E-state index in [0.717, 1.165) is 28.4 Å². The molecule has 1 fully saturated rings. The zero-order chi connectivity index (χ0) is 35.5. The van der Waals surface area contributed by atoms with Gasteiger partial charge >= 0.3 is 0 Å². The van der Waals surface area contributed by atoms with Gasteiger partial charge in [-0.15, -0.1) is 59.7 Å². The van der Waals surface area contributed by atoms with Gasteiger partial charge in [-0.1, -0.05) is 111 Å². The fourth-order valence-electron chi connectivity index (χ4n) is 7.73. The Bertz CT molecular complexity index is 2260. The number of nitrogens with zero attached hydrogens (tertiary/aromatic N) is 2. The number of rotatable bonds is 6. The number of aryl methyl sites for hydroxylation is 3. The van der Waals surface area contributed by atoms with Crippen molar-refractivity contribution in [3.05, 3.63) is 138 Å². The quantitative estimate of drug-likeness (QED) is 0.123. The third-order valence-corrected chi connectivity index (χ3v) is 13.6. The molecular weight excluding hydrogens is 845 g/mol. The van der Waals surface area contributed by atoms with E-state index >= 15 is 0 Å². The molecule has 0 bridgehead atoms. The average molecular weight is 893 g/mol. The van der Waals surface area contributed by atoms with E-state index in [1.807, 2.05) is 48.0 Å². The monoisotopic (exact) mass is 893 g/mol. The summed E-state index contributed by atoms with van der Waals surface area (Å²) >= 11 is 1.88. The van der Waals surface area contributed by atoms with E-state index in [1.165, 1.54) is 97.3 Å². The van der Waals surface area contributed by atoms with Crippen molar-refractivity contribution in [2.24, 2.45) is 5.92 Å². The Kier molecular flexibility index (Phi) is 12.1. The summed E-state index contributed by atoms with van der Waals surface area (Å²) in [6, 6.07) is 39.3. The summed E-state index contributed by atoms with van der Waals surface area (Å²) in [5.41, 5.74) is 12.3. The molecule has 0 atom stereocenters. The summed E-state index contributed by atoms with van der Waals surface area (Å²) < 4.78 is 2.62. The van der Waals surface area contributed by atoms with Gasteiger partial charge in [-0.2, -0.15) is 11.3 Å². The summed E-state index contributed by atoms with van der Waals surface area (Å²) in [5, 5.41) is 4.03. The minimum Gasteiger partial charge on any atom is -0.305 e. The van der Waals surface area contributed by atoms with Crippen molar-refractivity contribution in [1.29, 1.82) is 0 Å². The fourth-order valence-corrected chi connectivity index (χ4v) is 10.0. The van der Waals surface area contributed by atoms with E-state index in [-0.39, 0.29) is 20.1 Å². The van der Waals surface area contributed by atoms with Crippen molar-refractivity contribution < 1.29 is 20.1 Å². The van der Waals surface area contributed by atoms with Crippen molar-refractivity contribution in [2.45, 2.75) is 78.9 Å². The van der Waals surface area contributed by atoms with Crippen molar-refractivity contribution >= 4 is 44.8 Å². The SMILES string of the molecule is C[Si](C)(C)c1ccc(-c2[c-]cccc2)nc1.Cc1cc(C)c(-c2ccc3c(c2)sc2c(-c4cc(CC5CCCCC5)ccn4)[c-]ccc23)c(C)c1.[Ir]. The molecule has 1 radical (unpaired) electrons. The van der Waals surface area contributed by atoms with Gasteiger partial charge in [-0.05, 0) is 94.2 Å². The van der Waals surface area contributed by atoms with Crippen LogP contribution in [0.1, 0.15) is 54.4 Å². The van der Waals surface area contributed by atoms with E-state index in [0.29, 0.717) is 0 Å². The molecule has 52 heavy (non-hydrogen) atoms. The Balaban J connectivity index is 0.000000230. The number of thiophene rings is 1. The van der Waals surface area contributed by atoms with E-state index in [4.69, 9.17) is 4.98 Å². The second-order valence-electron chi connectivity index (χ2n) is 15.4. The normalized spacial score (nSPS) is 13.4. The molecule has 5 heteroatoms. The van der Waals surface area contributed by atoms with Crippen LogP contribution in [-0.2, 0) is 26.5 Å². The summed E-state index contributed by atoms with van der Waals surface area (Å²) in [5.74, 6) is 0.829. The molecule has 0 N–H and O–H groups in total. The maximum absolute atomic E-state index is 4.80. The van der Waals surface area contributed by atoms with Gasteiger partial charge in [0.15, 0.2) is 0 Å². The summed E-state index contributed by atoms with van der Waals surface area (Å²) in [4.78, 5) is 9.31. The summed E-state index contributed by atoms with van der Waals surface area (Å²) in [6.45, 7) is 13.6. The first-order valence-corrected chi connectivity index (χ1v) is 22.8. The van der Waals surface area contributed by atoms with Crippen LogP contribution >= 0.6 is 11.3 Å².